The molecule has 1 unspecified atom stereocenters. The second kappa shape index (κ2) is 6.66. The molecule has 0 bridgehead atoms. The Labute approximate surface area is 148 Å². The van der Waals surface area contributed by atoms with E-state index in [0.717, 1.165) is 11.3 Å². The van der Waals surface area contributed by atoms with Gasteiger partial charge in [0.15, 0.2) is 0 Å². The molecule has 0 spiro atoms. The lowest BCUT2D eigenvalue weighted by Crippen LogP contribution is -2.69. The first-order valence-corrected chi connectivity index (χ1v) is 8.85. The third kappa shape index (κ3) is 2.76. The van der Waals surface area contributed by atoms with Gasteiger partial charge in [0.25, 0.3) is 0 Å². The number of carboxylic acid groups (broad SMARTS) is 1. The normalized spacial score (nSPS) is 26.0. The van der Waals surface area contributed by atoms with Crippen molar-refractivity contribution in [1.82, 2.24) is 4.90 Å². The lowest BCUT2D eigenvalue weighted by molar-refractivity contribution is -0.148. The number of amides is 1. The maximum Gasteiger partial charge on any atom is 0.352 e. The number of halogens is 1. The fourth-order valence-corrected chi connectivity index (χ4v) is 4.97. The van der Waals surface area contributed by atoms with Gasteiger partial charge in [0, 0.05) is 11.1 Å². The van der Waals surface area contributed by atoms with Crippen LogP contribution in [0.4, 0.5) is 0 Å². The van der Waals surface area contributed by atoms with Gasteiger partial charge in [-0.1, -0.05) is 12.1 Å². The largest absolute Gasteiger partial charge is 0.497 e. The summed E-state index contributed by atoms with van der Waals surface area (Å²) in [6, 6.07) is 6.92. The third-order valence-electron chi connectivity index (χ3n) is 4.25. The van der Waals surface area contributed by atoms with Crippen molar-refractivity contribution in [2.24, 2.45) is 5.73 Å². The van der Waals surface area contributed by atoms with Gasteiger partial charge in [0.2, 0.25) is 5.91 Å². The number of benzene rings is 1. The molecule has 1 aromatic rings. The quantitative estimate of drug-likeness (QED) is 0.603. The van der Waals surface area contributed by atoms with Gasteiger partial charge in [0.05, 0.1) is 7.11 Å². The van der Waals surface area contributed by atoms with E-state index in [4.69, 9.17) is 22.1 Å². The number of rotatable bonds is 5. The zero-order chi connectivity index (χ0) is 17.4. The summed E-state index contributed by atoms with van der Waals surface area (Å²) in [5.74, 6) is -0.695. The van der Waals surface area contributed by atoms with Gasteiger partial charge < -0.3 is 15.6 Å². The molecule has 1 amide bonds. The fraction of sp³-hybridized carbons (Fsp3) is 0.375. The van der Waals surface area contributed by atoms with Crippen molar-refractivity contribution in [3.63, 3.8) is 0 Å². The molecule has 24 heavy (non-hydrogen) atoms. The van der Waals surface area contributed by atoms with Gasteiger partial charge in [-0.3, -0.25) is 9.69 Å². The smallest absolute Gasteiger partial charge is 0.352 e. The average Bonchev–Trinajstić information content (AvgIpc) is 2.60. The number of carbonyl (C=O) groups excluding carboxylic acids is 1. The summed E-state index contributed by atoms with van der Waals surface area (Å²) in [6.07, 6.45) is 0.610. The van der Waals surface area contributed by atoms with E-state index in [1.54, 1.807) is 7.11 Å². The molecule has 0 saturated carbocycles. The molecule has 0 radical (unpaired) electrons. The maximum absolute atomic E-state index is 11.9. The third-order valence-corrected chi connectivity index (χ3v) is 6.10. The highest BCUT2D eigenvalue weighted by molar-refractivity contribution is 8.00. The Kier molecular flexibility index (Phi) is 4.76. The minimum absolute atomic E-state index is 0.0149. The molecular weight excluding hydrogens is 352 g/mol. The van der Waals surface area contributed by atoms with E-state index < -0.39 is 12.0 Å². The Balaban J connectivity index is 1.92. The predicted octanol–water partition coefficient (Wildman–Crippen LogP) is 1.43. The van der Waals surface area contributed by atoms with Crippen LogP contribution in [0.2, 0.25) is 0 Å². The van der Waals surface area contributed by atoms with E-state index in [2.05, 4.69) is 0 Å². The van der Waals surface area contributed by atoms with E-state index in [-0.39, 0.29) is 28.1 Å². The minimum Gasteiger partial charge on any atom is -0.497 e. The number of hydrogen-bond donors (Lipinski definition) is 2. The number of thioether (sulfide) groups is 1. The first kappa shape index (κ1) is 17.1. The number of hydrogen-bond acceptors (Lipinski definition) is 5. The SMILES string of the molecule is COc1ccc(CC2S[C@@H]3[C@@H](N)C(=O)N3C(C(=O)O)=C2CCl)cc1. The zero-order valence-electron chi connectivity index (χ0n) is 12.9. The molecule has 1 aromatic carbocycles. The monoisotopic (exact) mass is 368 g/mol. The number of aliphatic carboxylic acids is 1. The first-order chi connectivity index (χ1) is 11.5. The Hall–Kier alpha value is -1.70. The predicted molar refractivity (Wildman–Crippen MR) is 92.1 cm³/mol. The van der Waals surface area contributed by atoms with Crippen molar-refractivity contribution in [1.29, 1.82) is 0 Å². The Bertz CT molecular complexity index is 707. The Morgan fingerprint density at radius 1 is 1.42 bits per heavy atom. The molecule has 0 aliphatic carbocycles. The number of nitrogens with zero attached hydrogens (tertiary/aromatic N) is 1. The molecule has 2 heterocycles. The van der Waals surface area contributed by atoms with Crippen molar-refractivity contribution < 1.29 is 19.4 Å². The highest BCUT2D eigenvalue weighted by Gasteiger charge is 2.53. The number of carboxylic acids is 1. The molecule has 3 atom stereocenters. The van der Waals surface area contributed by atoms with Crippen LogP contribution < -0.4 is 10.5 Å². The van der Waals surface area contributed by atoms with Crippen molar-refractivity contribution in [2.45, 2.75) is 23.1 Å². The summed E-state index contributed by atoms with van der Waals surface area (Å²) in [5.41, 5.74) is 7.42. The van der Waals surface area contributed by atoms with Gasteiger partial charge >= 0.3 is 5.97 Å². The van der Waals surface area contributed by atoms with Crippen LogP contribution >= 0.6 is 23.4 Å². The molecular formula is C16H17ClN2O4S. The van der Waals surface area contributed by atoms with Crippen LogP contribution in [0.15, 0.2) is 35.5 Å². The number of alkyl halides is 1. The van der Waals surface area contributed by atoms with E-state index in [1.165, 1.54) is 16.7 Å². The number of β-lactam (4-membered cyclic amide) rings is 1. The van der Waals surface area contributed by atoms with Crippen LogP contribution in [-0.4, -0.2) is 51.5 Å². The number of fused-ring (bicyclic) bond motifs is 1. The lowest BCUT2D eigenvalue weighted by Gasteiger charge is -2.50. The summed E-state index contributed by atoms with van der Waals surface area (Å²) >= 11 is 7.52. The molecule has 2 aliphatic rings. The van der Waals surface area contributed by atoms with Crippen molar-refractivity contribution in [3.05, 3.63) is 41.1 Å². The van der Waals surface area contributed by atoms with E-state index in [0.29, 0.717) is 12.0 Å². The average molecular weight is 369 g/mol. The summed E-state index contributed by atoms with van der Waals surface area (Å²) in [5, 5.41) is 9.06. The minimum atomic E-state index is -1.14. The number of nitrogens with two attached hydrogens (primary N) is 1. The first-order valence-electron chi connectivity index (χ1n) is 7.37. The van der Waals surface area contributed by atoms with Gasteiger partial charge in [-0.05, 0) is 29.7 Å². The van der Waals surface area contributed by atoms with Crippen molar-refractivity contribution in [3.8, 4) is 5.75 Å². The summed E-state index contributed by atoms with van der Waals surface area (Å²) in [7, 11) is 1.60. The van der Waals surface area contributed by atoms with Crippen LogP contribution in [0.1, 0.15) is 5.56 Å². The highest BCUT2D eigenvalue weighted by atomic mass is 35.5. The topological polar surface area (TPSA) is 92.9 Å². The second-order valence-electron chi connectivity index (χ2n) is 5.61. The molecule has 3 rings (SSSR count). The van der Waals surface area contributed by atoms with E-state index in [1.807, 2.05) is 24.3 Å². The standard InChI is InChI=1S/C16H17ClN2O4S/c1-23-9-4-2-8(3-5-9)6-11-10(7-17)13(16(21)22)19-14(20)12(18)15(19)24-11/h2-5,11-12,15H,6-7,18H2,1H3,(H,21,22)/t11?,12-,15+/m0/s1. The van der Waals surface area contributed by atoms with Crippen LogP contribution in [0.5, 0.6) is 5.75 Å². The highest BCUT2D eigenvalue weighted by Crippen LogP contribution is 2.44. The molecule has 1 saturated heterocycles. The van der Waals surface area contributed by atoms with Crippen LogP contribution in [0, 0.1) is 0 Å². The maximum atomic E-state index is 11.9. The van der Waals surface area contributed by atoms with Crippen molar-refractivity contribution in [2.75, 3.05) is 13.0 Å². The molecule has 128 valence electrons. The van der Waals surface area contributed by atoms with Gasteiger partial charge in [-0.2, -0.15) is 0 Å². The zero-order valence-corrected chi connectivity index (χ0v) is 14.5. The molecule has 3 N–H and O–H groups in total. The van der Waals surface area contributed by atoms with Gasteiger partial charge in [-0.15, -0.1) is 23.4 Å². The number of methoxy groups -OCH3 is 1. The van der Waals surface area contributed by atoms with Crippen LogP contribution in [0.3, 0.4) is 0 Å². The molecule has 6 nitrogen and oxygen atoms in total. The van der Waals surface area contributed by atoms with Crippen LogP contribution in [-0.2, 0) is 16.0 Å². The van der Waals surface area contributed by atoms with E-state index >= 15 is 0 Å². The van der Waals surface area contributed by atoms with Crippen LogP contribution in [0.25, 0.3) is 0 Å². The molecule has 1 fully saturated rings. The molecule has 2 aliphatic heterocycles. The summed E-state index contributed by atoms with van der Waals surface area (Å²) < 4.78 is 5.14. The molecule has 0 aromatic heterocycles. The number of ether oxygens (including phenoxy) is 1. The lowest BCUT2D eigenvalue weighted by atomic mass is 9.98. The summed E-state index contributed by atoms with van der Waals surface area (Å²) in [6.45, 7) is 0. The van der Waals surface area contributed by atoms with E-state index in [9.17, 15) is 14.7 Å². The fourth-order valence-electron chi connectivity index (χ4n) is 2.96. The molecule has 8 heteroatoms. The van der Waals surface area contributed by atoms with Crippen molar-refractivity contribution >= 4 is 35.2 Å². The number of carbonyl (C=O) groups is 2. The Morgan fingerprint density at radius 2 is 2.08 bits per heavy atom. The Morgan fingerprint density at radius 3 is 2.62 bits per heavy atom. The summed E-state index contributed by atoms with van der Waals surface area (Å²) in [4.78, 5) is 24.9. The second-order valence-corrected chi connectivity index (χ2v) is 7.21. The van der Waals surface area contributed by atoms with Gasteiger partial charge in [0.1, 0.15) is 22.9 Å². The van der Waals surface area contributed by atoms with Gasteiger partial charge in [-0.25, -0.2) is 4.79 Å².